The molecule has 0 saturated carbocycles. The van der Waals surface area contributed by atoms with Gasteiger partial charge in [0, 0.05) is 19.3 Å². The zero-order chi connectivity index (χ0) is 14.0. The van der Waals surface area contributed by atoms with Gasteiger partial charge in [-0.15, -0.1) is 0 Å². The molecule has 0 spiro atoms. The number of hydrogen-bond donors (Lipinski definition) is 1. The molecule has 2 heteroatoms. The Labute approximate surface area is 115 Å². The van der Waals surface area contributed by atoms with Gasteiger partial charge in [-0.25, -0.2) is 0 Å². The number of anilines is 1. The lowest BCUT2D eigenvalue weighted by Gasteiger charge is -2.20. The van der Waals surface area contributed by atoms with Gasteiger partial charge in [-0.1, -0.05) is 29.8 Å². The topological polar surface area (TPSA) is 23.5 Å². The summed E-state index contributed by atoms with van der Waals surface area (Å²) in [7, 11) is 2.09. The minimum atomic E-state index is 0.404. The van der Waals surface area contributed by atoms with E-state index in [-0.39, 0.29) is 0 Å². The van der Waals surface area contributed by atoms with Gasteiger partial charge in [0.05, 0.1) is 0 Å². The molecule has 2 nitrogen and oxygen atoms in total. The minimum Gasteiger partial charge on any atom is -0.507 e. The Morgan fingerprint density at radius 1 is 0.947 bits per heavy atom. The maximum absolute atomic E-state index is 9.80. The number of aromatic hydroxyl groups is 1. The molecule has 0 unspecified atom stereocenters. The van der Waals surface area contributed by atoms with Crippen LogP contribution in [0.5, 0.6) is 5.75 Å². The standard InChI is InChI=1S/C17H21NO/c1-12-5-7-16(8-6-12)18(4)11-15-9-13(2)17(19)14(3)10-15/h5-10,19H,11H2,1-4H3. The number of hydrogen-bond acceptors (Lipinski definition) is 2. The fraction of sp³-hybridized carbons (Fsp3) is 0.294. The summed E-state index contributed by atoms with van der Waals surface area (Å²) in [5, 5.41) is 9.80. The quantitative estimate of drug-likeness (QED) is 0.897. The van der Waals surface area contributed by atoms with E-state index in [1.807, 2.05) is 26.0 Å². The first kappa shape index (κ1) is 13.5. The molecule has 0 aliphatic carbocycles. The lowest BCUT2D eigenvalue weighted by molar-refractivity contribution is 0.466. The third-order valence-corrected chi connectivity index (χ3v) is 3.45. The normalized spacial score (nSPS) is 10.5. The smallest absolute Gasteiger partial charge is 0.121 e. The van der Waals surface area contributed by atoms with Gasteiger partial charge in [0.2, 0.25) is 0 Å². The van der Waals surface area contributed by atoms with Crippen molar-refractivity contribution in [1.82, 2.24) is 0 Å². The molecule has 1 N–H and O–H groups in total. The van der Waals surface area contributed by atoms with Crippen molar-refractivity contribution in [3.8, 4) is 5.75 Å². The van der Waals surface area contributed by atoms with Gasteiger partial charge in [0.15, 0.2) is 0 Å². The summed E-state index contributed by atoms with van der Waals surface area (Å²) in [6.45, 7) is 6.82. The van der Waals surface area contributed by atoms with E-state index in [0.29, 0.717) is 5.75 Å². The molecule has 0 aliphatic heterocycles. The molecule has 2 aromatic carbocycles. The maximum atomic E-state index is 9.80. The molecule has 100 valence electrons. The SMILES string of the molecule is Cc1ccc(N(C)Cc2cc(C)c(O)c(C)c2)cc1. The van der Waals surface area contributed by atoms with Crippen molar-refractivity contribution in [2.24, 2.45) is 0 Å². The molecule has 0 bridgehead atoms. The Bertz CT molecular complexity index is 549. The van der Waals surface area contributed by atoms with Crippen molar-refractivity contribution >= 4 is 5.69 Å². The molecular weight excluding hydrogens is 234 g/mol. The summed E-state index contributed by atoms with van der Waals surface area (Å²) in [5.74, 6) is 0.404. The van der Waals surface area contributed by atoms with Gasteiger partial charge in [0.25, 0.3) is 0 Å². The summed E-state index contributed by atoms with van der Waals surface area (Å²) in [6.07, 6.45) is 0. The Kier molecular flexibility index (Phi) is 3.79. The third-order valence-electron chi connectivity index (χ3n) is 3.45. The molecule has 2 rings (SSSR count). The highest BCUT2D eigenvalue weighted by Crippen LogP contribution is 2.24. The Balaban J connectivity index is 2.19. The van der Waals surface area contributed by atoms with Crippen LogP contribution in [-0.2, 0) is 6.54 Å². The predicted octanol–water partition coefficient (Wildman–Crippen LogP) is 3.95. The van der Waals surface area contributed by atoms with Crippen molar-refractivity contribution in [3.05, 3.63) is 58.7 Å². The number of rotatable bonds is 3. The highest BCUT2D eigenvalue weighted by Gasteiger charge is 2.06. The van der Waals surface area contributed by atoms with Crippen molar-refractivity contribution in [1.29, 1.82) is 0 Å². The number of phenols is 1. The zero-order valence-electron chi connectivity index (χ0n) is 12.1. The van der Waals surface area contributed by atoms with Gasteiger partial charge in [-0.2, -0.15) is 0 Å². The molecule has 0 heterocycles. The van der Waals surface area contributed by atoms with Crippen LogP contribution in [-0.4, -0.2) is 12.2 Å². The van der Waals surface area contributed by atoms with Gasteiger partial charge in [0.1, 0.15) is 5.75 Å². The van der Waals surface area contributed by atoms with E-state index in [4.69, 9.17) is 0 Å². The maximum Gasteiger partial charge on any atom is 0.121 e. The highest BCUT2D eigenvalue weighted by molar-refractivity contribution is 5.49. The van der Waals surface area contributed by atoms with E-state index < -0.39 is 0 Å². The summed E-state index contributed by atoms with van der Waals surface area (Å²) < 4.78 is 0. The van der Waals surface area contributed by atoms with Crippen LogP contribution >= 0.6 is 0 Å². The molecule has 19 heavy (non-hydrogen) atoms. The predicted molar refractivity (Wildman–Crippen MR) is 80.9 cm³/mol. The van der Waals surface area contributed by atoms with E-state index in [1.54, 1.807) is 0 Å². The third kappa shape index (κ3) is 3.08. The minimum absolute atomic E-state index is 0.404. The number of benzene rings is 2. The first-order valence-corrected chi connectivity index (χ1v) is 6.54. The van der Waals surface area contributed by atoms with Gasteiger partial charge >= 0.3 is 0 Å². The monoisotopic (exact) mass is 255 g/mol. The summed E-state index contributed by atoms with van der Waals surface area (Å²) in [4.78, 5) is 2.21. The van der Waals surface area contributed by atoms with Crippen LogP contribution < -0.4 is 4.90 Å². The molecule has 0 atom stereocenters. The fourth-order valence-electron chi connectivity index (χ4n) is 2.30. The second kappa shape index (κ2) is 5.35. The molecule has 2 aromatic rings. The van der Waals surface area contributed by atoms with Crippen molar-refractivity contribution in [3.63, 3.8) is 0 Å². The molecule has 0 aromatic heterocycles. The summed E-state index contributed by atoms with van der Waals surface area (Å²) in [5.41, 5.74) is 5.57. The highest BCUT2D eigenvalue weighted by atomic mass is 16.3. The largest absolute Gasteiger partial charge is 0.507 e. The number of aryl methyl sites for hydroxylation is 3. The Morgan fingerprint density at radius 3 is 2.00 bits per heavy atom. The summed E-state index contributed by atoms with van der Waals surface area (Å²) >= 11 is 0. The van der Waals surface area contributed by atoms with Crippen molar-refractivity contribution < 1.29 is 5.11 Å². The Morgan fingerprint density at radius 2 is 1.47 bits per heavy atom. The van der Waals surface area contributed by atoms with Gasteiger partial charge in [-0.05, 0) is 49.6 Å². The lowest BCUT2D eigenvalue weighted by atomic mass is 10.1. The van der Waals surface area contributed by atoms with Crippen LogP contribution in [0, 0.1) is 20.8 Å². The van der Waals surface area contributed by atoms with Gasteiger partial charge in [-0.3, -0.25) is 0 Å². The van der Waals surface area contributed by atoms with Crippen molar-refractivity contribution in [2.75, 3.05) is 11.9 Å². The molecule has 0 amide bonds. The zero-order valence-corrected chi connectivity index (χ0v) is 12.1. The Hall–Kier alpha value is -1.96. The molecular formula is C17H21NO. The lowest BCUT2D eigenvalue weighted by Crippen LogP contribution is -2.16. The molecule has 0 radical (unpaired) electrons. The fourth-order valence-corrected chi connectivity index (χ4v) is 2.30. The van der Waals surface area contributed by atoms with E-state index in [9.17, 15) is 5.11 Å². The van der Waals surface area contributed by atoms with E-state index in [2.05, 4.69) is 43.1 Å². The van der Waals surface area contributed by atoms with Crippen molar-refractivity contribution in [2.45, 2.75) is 27.3 Å². The van der Waals surface area contributed by atoms with Gasteiger partial charge < -0.3 is 10.0 Å². The average molecular weight is 255 g/mol. The number of nitrogens with zero attached hydrogens (tertiary/aromatic N) is 1. The number of phenolic OH excluding ortho intramolecular Hbond substituents is 1. The first-order valence-electron chi connectivity index (χ1n) is 6.54. The second-order valence-electron chi connectivity index (χ2n) is 5.27. The van der Waals surface area contributed by atoms with E-state index in [0.717, 1.165) is 17.7 Å². The van der Waals surface area contributed by atoms with E-state index in [1.165, 1.54) is 16.8 Å². The second-order valence-corrected chi connectivity index (χ2v) is 5.27. The van der Waals surface area contributed by atoms with Crippen LogP contribution in [0.4, 0.5) is 5.69 Å². The molecule has 0 saturated heterocycles. The molecule has 0 aliphatic rings. The first-order chi connectivity index (χ1) is 8.97. The van der Waals surface area contributed by atoms with Crippen LogP contribution in [0.25, 0.3) is 0 Å². The average Bonchev–Trinajstić information content (AvgIpc) is 2.36. The van der Waals surface area contributed by atoms with Crippen LogP contribution in [0.1, 0.15) is 22.3 Å². The van der Waals surface area contributed by atoms with Crippen LogP contribution in [0.15, 0.2) is 36.4 Å². The van der Waals surface area contributed by atoms with Crippen LogP contribution in [0.2, 0.25) is 0 Å². The van der Waals surface area contributed by atoms with Crippen LogP contribution in [0.3, 0.4) is 0 Å². The summed E-state index contributed by atoms with van der Waals surface area (Å²) in [6, 6.07) is 12.6. The molecule has 0 fully saturated rings. The van der Waals surface area contributed by atoms with E-state index >= 15 is 0 Å².